The van der Waals surface area contributed by atoms with Gasteiger partial charge in [0.1, 0.15) is 0 Å². The fraction of sp³-hybridized carbons (Fsp3) is 0.0357. The van der Waals surface area contributed by atoms with E-state index in [0.29, 0.717) is 0 Å². The summed E-state index contributed by atoms with van der Waals surface area (Å²) in [6, 6.07) is 68.1. The lowest BCUT2D eigenvalue weighted by Gasteiger charge is -2.19. The molecule has 0 saturated heterocycles. The van der Waals surface area contributed by atoms with Crippen molar-refractivity contribution in [1.29, 1.82) is 0 Å². The number of hydrogen-bond acceptors (Lipinski definition) is 0. The molecule has 0 aliphatic heterocycles. The van der Waals surface area contributed by atoms with Gasteiger partial charge in [-0.1, -0.05) is 170 Å². The van der Waals surface area contributed by atoms with E-state index in [1.807, 2.05) is 0 Å². The van der Waals surface area contributed by atoms with Crippen molar-refractivity contribution in [3.8, 4) is 44.5 Å². The van der Waals surface area contributed by atoms with Gasteiger partial charge in [-0.15, -0.1) is 0 Å². The van der Waals surface area contributed by atoms with Gasteiger partial charge in [0.15, 0.2) is 0 Å². The van der Waals surface area contributed by atoms with Crippen LogP contribution in [0.4, 0.5) is 0 Å². The van der Waals surface area contributed by atoms with Gasteiger partial charge in [0.2, 0.25) is 0 Å². The first-order valence-electron chi connectivity index (χ1n) is 19.7. The van der Waals surface area contributed by atoms with Crippen molar-refractivity contribution in [1.82, 2.24) is 0 Å². The normalized spacial score (nSPS) is 12.1. The van der Waals surface area contributed by atoms with Crippen molar-refractivity contribution in [2.45, 2.75) is 13.8 Å². The average molecular weight is 709 g/mol. The molecule has 0 heterocycles. The minimum Gasteiger partial charge on any atom is -0.0622 e. The van der Waals surface area contributed by atoms with Crippen LogP contribution in [0.3, 0.4) is 0 Å². The lowest BCUT2D eigenvalue weighted by Crippen LogP contribution is -1.91. The van der Waals surface area contributed by atoms with Crippen LogP contribution in [-0.2, 0) is 0 Å². The molecule has 0 aliphatic rings. The molecule has 0 unspecified atom stereocenters. The first-order valence-corrected chi connectivity index (χ1v) is 19.7. The minimum atomic E-state index is 1.24. The van der Waals surface area contributed by atoms with Crippen LogP contribution >= 0.6 is 0 Å². The van der Waals surface area contributed by atoms with Crippen LogP contribution in [-0.4, -0.2) is 0 Å². The van der Waals surface area contributed by atoms with Gasteiger partial charge in [-0.3, -0.25) is 0 Å². The van der Waals surface area contributed by atoms with Gasteiger partial charge < -0.3 is 0 Å². The third kappa shape index (κ3) is 4.24. The largest absolute Gasteiger partial charge is 0.0622 e. The van der Waals surface area contributed by atoms with Gasteiger partial charge in [-0.25, -0.2) is 0 Å². The Kier molecular flexibility index (Phi) is 6.57. The Balaban J connectivity index is 1.33. The van der Waals surface area contributed by atoms with Crippen molar-refractivity contribution in [2.24, 2.45) is 0 Å². The van der Waals surface area contributed by atoms with E-state index in [2.05, 4.69) is 196 Å². The van der Waals surface area contributed by atoms with Crippen molar-refractivity contribution in [3.63, 3.8) is 0 Å². The average Bonchev–Trinajstić information content (AvgIpc) is 3.75. The molecule has 0 radical (unpaired) electrons. The minimum absolute atomic E-state index is 1.24. The van der Waals surface area contributed by atoms with Crippen molar-refractivity contribution >= 4 is 75.4 Å². The molecule has 12 rings (SSSR count). The molecule has 0 heteroatoms. The van der Waals surface area contributed by atoms with Gasteiger partial charge in [-0.2, -0.15) is 0 Å². The van der Waals surface area contributed by atoms with Crippen LogP contribution in [0.2, 0.25) is 0 Å². The van der Waals surface area contributed by atoms with Gasteiger partial charge in [0.05, 0.1) is 0 Å². The van der Waals surface area contributed by atoms with E-state index in [-0.39, 0.29) is 0 Å². The molecule has 56 heavy (non-hydrogen) atoms. The number of fused-ring (bicyclic) bond motifs is 8. The standard InChI is InChI=1S/C56H36/c1-33-15-12-16-34(2)49(33)42-29-30-45-52-40(42)23-13-26-44(52)56-51(37-21-10-5-11-22-37)54-43-25-14-24-41-46-31-38(35-17-6-3-7-18-35)27-28-39(46)47(53(41)43)32-48(54)50(55(45)56)36-19-8-4-9-20-36/h3-32H,1-2H3. The molecule has 0 nitrogen and oxygen atoms in total. The highest BCUT2D eigenvalue weighted by atomic mass is 14.3. The molecular weight excluding hydrogens is 673 g/mol. The summed E-state index contributed by atoms with van der Waals surface area (Å²) in [5.74, 6) is 0. The van der Waals surface area contributed by atoms with Gasteiger partial charge in [0, 0.05) is 0 Å². The number of rotatable bonds is 4. The summed E-state index contributed by atoms with van der Waals surface area (Å²) in [5, 5.41) is 18.5. The first kappa shape index (κ1) is 31.3. The Hall–Kier alpha value is -7.02. The van der Waals surface area contributed by atoms with Crippen LogP contribution in [0.1, 0.15) is 11.1 Å². The quantitative estimate of drug-likeness (QED) is 0.160. The molecule has 0 aliphatic carbocycles. The molecule has 0 bridgehead atoms. The van der Waals surface area contributed by atoms with E-state index < -0.39 is 0 Å². The lowest BCUT2D eigenvalue weighted by atomic mass is 9.84. The highest BCUT2D eigenvalue weighted by molar-refractivity contribution is 6.45. The predicted molar refractivity (Wildman–Crippen MR) is 243 cm³/mol. The van der Waals surface area contributed by atoms with Gasteiger partial charge >= 0.3 is 0 Å². The predicted octanol–water partition coefficient (Wildman–Crippen LogP) is 15.9. The second-order valence-electron chi connectivity index (χ2n) is 15.6. The van der Waals surface area contributed by atoms with Crippen LogP contribution in [0.5, 0.6) is 0 Å². The van der Waals surface area contributed by atoms with Crippen LogP contribution in [0, 0.1) is 13.8 Å². The van der Waals surface area contributed by atoms with Crippen molar-refractivity contribution in [3.05, 3.63) is 193 Å². The second kappa shape index (κ2) is 11.7. The summed E-state index contributed by atoms with van der Waals surface area (Å²) >= 11 is 0. The third-order valence-corrected chi connectivity index (χ3v) is 12.6. The summed E-state index contributed by atoms with van der Waals surface area (Å²) in [6.07, 6.45) is 0. The molecule has 0 amide bonds. The van der Waals surface area contributed by atoms with Crippen LogP contribution < -0.4 is 0 Å². The van der Waals surface area contributed by atoms with E-state index in [9.17, 15) is 0 Å². The summed E-state index contributed by atoms with van der Waals surface area (Å²) in [4.78, 5) is 0. The second-order valence-corrected chi connectivity index (χ2v) is 15.6. The summed E-state index contributed by atoms with van der Waals surface area (Å²) in [6.45, 7) is 4.49. The summed E-state index contributed by atoms with van der Waals surface area (Å²) in [5.41, 5.74) is 12.9. The zero-order valence-electron chi connectivity index (χ0n) is 31.3. The molecule has 0 spiro atoms. The Labute approximate surface area is 325 Å². The summed E-state index contributed by atoms with van der Waals surface area (Å²) in [7, 11) is 0. The molecule has 12 aromatic rings. The van der Waals surface area contributed by atoms with Crippen LogP contribution in [0.25, 0.3) is 120 Å². The maximum atomic E-state index is 2.54. The molecule has 0 atom stereocenters. The van der Waals surface area contributed by atoms with E-state index in [1.54, 1.807) is 0 Å². The number of benzene rings is 10. The topological polar surface area (TPSA) is 0 Å². The molecule has 0 fully saturated rings. The first-order chi connectivity index (χ1) is 27.7. The zero-order chi connectivity index (χ0) is 37.1. The van der Waals surface area contributed by atoms with Crippen LogP contribution in [0.15, 0.2) is 182 Å². The molecule has 260 valence electrons. The van der Waals surface area contributed by atoms with E-state index >= 15 is 0 Å². The molecule has 0 saturated carbocycles. The van der Waals surface area contributed by atoms with E-state index in [4.69, 9.17) is 0 Å². The zero-order valence-corrected chi connectivity index (χ0v) is 31.3. The van der Waals surface area contributed by atoms with Crippen molar-refractivity contribution in [2.75, 3.05) is 0 Å². The van der Waals surface area contributed by atoms with Gasteiger partial charge in [0.25, 0.3) is 0 Å². The monoisotopic (exact) mass is 708 g/mol. The Bertz CT molecular complexity index is 3480. The Morgan fingerprint density at radius 2 is 0.750 bits per heavy atom. The maximum Gasteiger partial charge on any atom is -0.000719 e. The Morgan fingerprint density at radius 3 is 1.45 bits per heavy atom. The molecule has 0 N–H and O–H groups in total. The molecule has 0 aromatic heterocycles. The van der Waals surface area contributed by atoms with Crippen molar-refractivity contribution < 1.29 is 0 Å². The fourth-order valence-electron chi connectivity index (χ4n) is 10.3. The van der Waals surface area contributed by atoms with E-state index in [1.165, 1.54) is 131 Å². The van der Waals surface area contributed by atoms with E-state index in [0.717, 1.165) is 0 Å². The maximum absolute atomic E-state index is 2.54. The smallest absolute Gasteiger partial charge is 0.000719 e. The molecular formula is C56H36. The highest BCUT2D eigenvalue weighted by Gasteiger charge is 2.27. The molecule has 12 aromatic carbocycles. The summed E-state index contributed by atoms with van der Waals surface area (Å²) < 4.78 is 0. The highest BCUT2D eigenvalue weighted by Crippen LogP contribution is 2.55. The third-order valence-electron chi connectivity index (χ3n) is 12.6. The fourth-order valence-corrected chi connectivity index (χ4v) is 10.3. The van der Waals surface area contributed by atoms with Gasteiger partial charge in [-0.05, 0) is 157 Å². The number of aryl methyl sites for hydroxylation is 2. The Morgan fingerprint density at radius 1 is 0.232 bits per heavy atom. The number of hydrogen-bond donors (Lipinski definition) is 0. The SMILES string of the molecule is Cc1cccc(C)c1-c1ccc2c3c(-c4ccccc4)c4cc5c6ccc(-c7ccccc7)cc6c6cccc(c4c(-c4ccccc4)c3c3cccc1c23)c65. The lowest BCUT2D eigenvalue weighted by molar-refractivity contribution is 1.39.